The summed E-state index contributed by atoms with van der Waals surface area (Å²) in [6.45, 7) is 4.22. The first kappa shape index (κ1) is 17.6. The average molecular weight is 353 g/mol. The van der Waals surface area contributed by atoms with Gasteiger partial charge in [0, 0.05) is 24.6 Å². The van der Waals surface area contributed by atoms with Gasteiger partial charge in [0.2, 0.25) is 0 Å². The van der Waals surface area contributed by atoms with Crippen LogP contribution in [0, 0.1) is 5.92 Å². The van der Waals surface area contributed by atoms with Crippen LogP contribution >= 0.6 is 11.3 Å². The molecule has 25 heavy (non-hydrogen) atoms. The number of aromatic nitrogens is 1. The Bertz CT molecular complexity index is 838. The van der Waals surface area contributed by atoms with Gasteiger partial charge in [-0.1, -0.05) is 32.4 Å². The highest BCUT2D eigenvalue weighted by Gasteiger charge is 2.15. The van der Waals surface area contributed by atoms with Crippen LogP contribution in [0.25, 0.3) is 10.2 Å². The van der Waals surface area contributed by atoms with Gasteiger partial charge in [-0.3, -0.25) is 9.78 Å². The molecule has 0 amide bonds. The molecule has 2 aromatic heterocycles. The van der Waals surface area contributed by atoms with E-state index in [0.717, 1.165) is 46.5 Å². The van der Waals surface area contributed by atoms with Crippen molar-refractivity contribution in [2.75, 3.05) is 0 Å². The molecule has 3 nitrogen and oxygen atoms in total. The molecule has 0 aliphatic rings. The summed E-state index contributed by atoms with van der Waals surface area (Å²) in [5.74, 6) is 2.12. The fourth-order valence-electron chi connectivity index (χ4n) is 3.02. The molecule has 1 atom stereocenters. The van der Waals surface area contributed by atoms with Gasteiger partial charge in [-0.2, -0.15) is 0 Å². The molecule has 1 aromatic carbocycles. The van der Waals surface area contributed by atoms with Gasteiger partial charge >= 0.3 is 0 Å². The number of nitrogens with zero attached hydrogens (tertiary/aromatic N) is 1. The average Bonchev–Trinajstić information content (AvgIpc) is 3.11. The van der Waals surface area contributed by atoms with Crippen LogP contribution in [0.15, 0.2) is 48.0 Å². The molecule has 0 spiro atoms. The number of pyridine rings is 1. The number of rotatable bonds is 8. The molecule has 4 heteroatoms. The van der Waals surface area contributed by atoms with Crippen molar-refractivity contribution in [2.24, 2.45) is 5.92 Å². The van der Waals surface area contributed by atoms with E-state index in [2.05, 4.69) is 18.8 Å². The molecule has 0 aliphatic heterocycles. The summed E-state index contributed by atoms with van der Waals surface area (Å²) in [4.78, 5) is 16.7. The summed E-state index contributed by atoms with van der Waals surface area (Å²) in [5.41, 5.74) is 1.99. The normalized spacial score (nSPS) is 12.2. The molecule has 1 unspecified atom stereocenters. The molecular formula is C21H23NO2S. The predicted molar refractivity (Wildman–Crippen MR) is 104 cm³/mol. The van der Waals surface area contributed by atoms with E-state index in [-0.39, 0.29) is 5.92 Å². The van der Waals surface area contributed by atoms with E-state index in [1.54, 1.807) is 17.5 Å². The fourth-order valence-corrected chi connectivity index (χ4v) is 3.82. The third kappa shape index (κ3) is 4.26. The first-order chi connectivity index (χ1) is 12.2. The van der Waals surface area contributed by atoms with Gasteiger partial charge < -0.3 is 4.74 Å². The Morgan fingerprint density at radius 1 is 1.16 bits per heavy atom. The van der Waals surface area contributed by atoms with Crippen LogP contribution in [0.1, 0.15) is 38.7 Å². The standard InChI is InChI=1S/C21H23NO2S/c1-3-5-16(4-2)19(23)14-15-6-8-17(9-7-15)24-20-10-12-22-18-11-13-25-21(18)20/h6-13,16H,3-5,14H2,1-2H3. The molecule has 0 fully saturated rings. The molecule has 0 saturated carbocycles. The van der Waals surface area contributed by atoms with Crippen molar-refractivity contribution < 1.29 is 9.53 Å². The molecule has 3 aromatic rings. The summed E-state index contributed by atoms with van der Waals surface area (Å²) in [6.07, 6.45) is 5.22. The molecule has 0 radical (unpaired) electrons. The Kier molecular flexibility index (Phi) is 5.82. The number of fused-ring (bicyclic) bond motifs is 1. The second kappa shape index (κ2) is 8.26. The highest BCUT2D eigenvalue weighted by atomic mass is 32.1. The van der Waals surface area contributed by atoms with Crippen molar-refractivity contribution in [3.8, 4) is 11.5 Å². The smallest absolute Gasteiger partial charge is 0.148 e. The van der Waals surface area contributed by atoms with Crippen molar-refractivity contribution in [1.29, 1.82) is 0 Å². The lowest BCUT2D eigenvalue weighted by atomic mass is 9.92. The van der Waals surface area contributed by atoms with Crippen LogP contribution in [0.3, 0.4) is 0 Å². The van der Waals surface area contributed by atoms with Gasteiger partial charge in [0.25, 0.3) is 0 Å². The van der Waals surface area contributed by atoms with Crippen LogP contribution in [0.4, 0.5) is 0 Å². The third-order valence-corrected chi connectivity index (χ3v) is 5.34. The zero-order chi connectivity index (χ0) is 17.6. The van der Waals surface area contributed by atoms with Gasteiger partial charge in [0.05, 0.1) is 10.2 Å². The number of thiophene rings is 1. The number of benzene rings is 1. The zero-order valence-electron chi connectivity index (χ0n) is 14.7. The van der Waals surface area contributed by atoms with Gasteiger partial charge in [0.1, 0.15) is 17.3 Å². The van der Waals surface area contributed by atoms with Crippen LogP contribution < -0.4 is 4.74 Å². The van der Waals surface area contributed by atoms with E-state index in [1.165, 1.54) is 0 Å². The zero-order valence-corrected chi connectivity index (χ0v) is 15.5. The van der Waals surface area contributed by atoms with Crippen molar-refractivity contribution in [3.05, 3.63) is 53.5 Å². The Morgan fingerprint density at radius 3 is 2.68 bits per heavy atom. The summed E-state index contributed by atoms with van der Waals surface area (Å²) in [7, 11) is 0. The molecule has 2 heterocycles. The van der Waals surface area contributed by atoms with Crippen molar-refractivity contribution >= 4 is 27.3 Å². The second-order valence-electron chi connectivity index (χ2n) is 6.23. The maximum absolute atomic E-state index is 12.4. The highest BCUT2D eigenvalue weighted by molar-refractivity contribution is 7.17. The van der Waals surface area contributed by atoms with E-state index < -0.39 is 0 Å². The van der Waals surface area contributed by atoms with E-state index in [1.807, 2.05) is 41.8 Å². The van der Waals surface area contributed by atoms with E-state index >= 15 is 0 Å². The van der Waals surface area contributed by atoms with Crippen LogP contribution in [-0.4, -0.2) is 10.8 Å². The number of hydrogen-bond donors (Lipinski definition) is 0. The summed E-state index contributed by atoms with van der Waals surface area (Å²) in [5, 5.41) is 2.01. The Labute approximate surface area is 152 Å². The summed E-state index contributed by atoms with van der Waals surface area (Å²) >= 11 is 1.62. The lowest BCUT2D eigenvalue weighted by molar-refractivity contribution is -0.122. The molecule has 0 aliphatic carbocycles. The first-order valence-corrected chi connectivity index (χ1v) is 9.71. The maximum atomic E-state index is 12.4. The highest BCUT2D eigenvalue weighted by Crippen LogP contribution is 2.32. The minimum atomic E-state index is 0.185. The third-order valence-electron chi connectivity index (χ3n) is 4.42. The van der Waals surface area contributed by atoms with Gasteiger partial charge in [-0.05, 0) is 42.0 Å². The Morgan fingerprint density at radius 2 is 1.96 bits per heavy atom. The van der Waals surface area contributed by atoms with Crippen LogP contribution in [-0.2, 0) is 11.2 Å². The fraction of sp³-hybridized carbons (Fsp3) is 0.333. The summed E-state index contributed by atoms with van der Waals surface area (Å²) in [6, 6.07) is 11.7. The van der Waals surface area contributed by atoms with E-state index in [0.29, 0.717) is 12.2 Å². The summed E-state index contributed by atoms with van der Waals surface area (Å²) < 4.78 is 7.05. The monoisotopic (exact) mass is 353 g/mol. The lowest BCUT2D eigenvalue weighted by Gasteiger charge is -2.13. The number of hydrogen-bond acceptors (Lipinski definition) is 4. The van der Waals surface area contributed by atoms with Crippen molar-refractivity contribution in [3.63, 3.8) is 0 Å². The molecule has 130 valence electrons. The number of ether oxygens (including phenoxy) is 1. The molecule has 0 bridgehead atoms. The van der Waals surface area contributed by atoms with Gasteiger partial charge in [0.15, 0.2) is 0 Å². The van der Waals surface area contributed by atoms with Gasteiger partial charge in [-0.25, -0.2) is 0 Å². The number of carbonyl (C=O) groups is 1. The van der Waals surface area contributed by atoms with Crippen molar-refractivity contribution in [1.82, 2.24) is 4.98 Å². The number of ketones is 1. The SMILES string of the molecule is CCCC(CC)C(=O)Cc1ccc(Oc2ccnc3ccsc23)cc1. The quantitative estimate of drug-likeness (QED) is 0.496. The topological polar surface area (TPSA) is 39.2 Å². The minimum absolute atomic E-state index is 0.185. The molecule has 3 rings (SSSR count). The second-order valence-corrected chi connectivity index (χ2v) is 7.14. The van der Waals surface area contributed by atoms with Crippen LogP contribution in [0.5, 0.6) is 11.5 Å². The van der Waals surface area contributed by atoms with E-state index in [9.17, 15) is 4.79 Å². The molecular weight excluding hydrogens is 330 g/mol. The Balaban J connectivity index is 1.68. The Hall–Kier alpha value is -2.20. The lowest BCUT2D eigenvalue weighted by Crippen LogP contribution is -2.15. The molecule has 0 N–H and O–H groups in total. The number of carbonyl (C=O) groups excluding carboxylic acids is 1. The largest absolute Gasteiger partial charge is 0.456 e. The first-order valence-electron chi connectivity index (χ1n) is 8.83. The minimum Gasteiger partial charge on any atom is -0.456 e. The van der Waals surface area contributed by atoms with Crippen molar-refractivity contribution in [2.45, 2.75) is 39.5 Å². The molecule has 0 saturated heterocycles. The van der Waals surface area contributed by atoms with Crippen LogP contribution in [0.2, 0.25) is 0 Å². The maximum Gasteiger partial charge on any atom is 0.148 e. The van der Waals surface area contributed by atoms with Gasteiger partial charge in [-0.15, -0.1) is 11.3 Å². The predicted octanol–water partition coefficient (Wildman–Crippen LogP) is 6.03. The van der Waals surface area contributed by atoms with E-state index in [4.69, 9.17) is 4.74 Å². The number of Topliss-reactive ketones (excluding diaryl/α,β-unsaturated/α-hetero) is 1.